The molecule has 1 N–H and O–H groups in total. The van der Waals surface area contributed by atoms with E-state index in [1.165, 1.54) is 24.2 Å². The first-order chi connectivity index (χ1) is 11.0. The minimum Gasteiger partial charge on any atom is -0.346 e. The zero-order valence-corrected chi connectivity index (χ0v) is 15.0. The standard InChI is InChI=1S/C18H21ClN2OS/c1-18(2)16(11-6-8-21(18)9-7-11)20-17(22)14-10-12-4-3-5-13(19)15(12)23-14/h3-5,10-11,16H,6-9H2,1-2H3,(H,20,22)/t16-/m1/s1. The van der Waals surface area contributed by atoms with E-state index in [1.807, 2.05) is 24.3 Å². The monoisotopic (exact) mass is 348 g/mol. The molecule has 3 aliphatic rings. The summed E-state index contributed by atoms with van der Waals surface area (Å²) in [5.41, 5.74) is 0.0329. The molecule has 0 radical (unpaired) electrons. The van der Waals surface area contributed by atoms with E-state index < -0.39 is 0 Å². The van der Waals surface area contributed by atoms with Gasteiger partial charge in [0, 0.05) is 11.6 Å². The normalized spacial score (nSPS) is 28.9. The quantitative estimate of drug-likeness (QED) is 0.883. The SMILES string of the molecule is CC1(C)[C@H](NC(=O)c2cc3cccc(Cl)c3s2)C2CCN1CC2. The van der Waals surface area contributed by atoms with Gasteiger partial charge in [-0.3, -0.25) is 9.69 Å². The molecule has 0 spiro atoms. The van der Waals surface area contributed by atoms with Gasteiger partial charge < -0.3 is 5.32 Å². The van der Waals surface area contributed by atoms with Gasteiger partial charge in [0.1, 0.15) is 0 Å². The molecule has 3 saturated heterocycles. The zero-order valence-electron chi connectivity index (χ0n) is 13.4. The average molecular weight is 349 g/mol. The van der Waals surface area contributed by atoms with Gasteiger partial charge in [-0.1, -0.05) is 23.7 Å². The van der Waals surface area contributed by atoms with Crippen LogP contribution >= 0.6 is 22.9 Å². The van der Waals surface area contributed by atoms with Crippen molar-refractivity contribution in [2.75, 3.05) is 13.1 Å². The van der Waals surface area contributed by atoms with Crippen LogP contribution in [-0.4, -0.2) is 35.5 Å². The predicted molar refractivity (Wildman–Crippen MR) is 96.5 cm³/mol. The lowest BCUT2D eigenvalue weighted by Crippen LogP contribution is -2.69. The maximum atomic E-state index is 12.8. The largest absolute Gasteiger partial charge is 0.346 e. The minimum atomic E-state index is 0.0329. The molecule has 23 heavy (non-hydrogen) atoms. The van der Waals surface area contributed by atoms with Crippen molar-refractivity contribution in [1.29, 1.82) is 0 Å². The van der Waals surface area contributed by atoms with Crippen LogP contribution in [0.15, 0.2) is 24.3 Å². The van der Waals surface area contributed by atoms with Gasteiger partial charge in [-0.2, -0.15) is 0 Å². The second-order valence-electron chi connectivity index (χ2n) is 7.20. The summed E-state index contributed by atoms with van der Waals surface area (Å²) in [7, 11) is 0. The summed E-state index contributed by atoms with van der Waals surface area (Å²) in [5, 5.41) is 5.08. The maximum absolute atomic E-state index is 12.8. The summed E-state index contributed by atoms with van der Waals surface area (Å²) >= 11 is 7.72. The van der Waals surface area contributed by atoms with E-state index in [0.717, 1.165) is 33.1 Å². The number of hydrogen-bond donors (Lipinski definition) is 1. The highest BCUT2D eigenvalue weighted by Gasteiger charge is 2.48. The number of carbonyl (C=O) groups is 1. The topological polar surface area (TPSA) is 32.3 Å². The third-order valence-corrected chi connectivity index (χ3v) is 7.20. The molecule has 1 atom stereocenters. The van der Waals surface area contributed by atoms with Crippen molar-refractivity contribution in [3.63, 3.8) is 0 Å². The number of piperidine rings is 3. The molecule has 5 rings (SSSR count). The number of halogens is 1. The molecule has 5 heteroatoms. The fraction of sp³-hybridized carbons (Fsp3) is 0.500. The van der Waals surface area contributed by atoms with Crippen LogP contribution in [0.25, 0.3) is 10.1 Å². The van der Waals surface area contributed by atoms with E-state index in [9.17, 15) is 4.79 Å². The van der Waals surface area contributed by atoms with Crippen molar-refractivity contribution in [2.45, 2.75) is 38.3 Å². The van der Waals surface area contributed by atoms with Crippen LogP contribution < -0.4 is 5.32 Å². The molecular weight excluding hydrogens is 328 g/mol. The molecule has 0 saturated carbocycles. The second kappa shape index (κ2) is 5.47. The van der Waals surface area contributed by atoms with Crippen LogP contribution in [0.3, 0.4) is 0 Å². The first-order valence-corrected chi connectivity index (χ1v) is 9.40. The third kappa shape index (κ3) is 2.48. The van der Waals surface area contributed by atoms with Crippen molar-refractivity contribution in [2.24, 2.45) is 5.92 Å². The average Bonchev–Trinajstić information content (AvgIpc) is 2.97. The summed E-state index contributed by atoms with van der Waals surface area (Å²) < 4.78 is 0.993. The lowest BCUT2D eigenvalue weighted by atomic mass is 9.72. The van der Waals surface area contributed by atoms with Crippen LogP contribution in [0.4, 0.5) is 0 Å². The van der Waals surface area contributed by atoms with E-state index in [4.69, 9.17) is 11.6 Å². The number of amides is 1. The molecule has 2 bridgehead atoms. The Balaban J connectivity index is 1.60. The van der Waals surface area contributed by atoms with Gasteiger partial charge in [-0.05, 0) is 63.2 Å². The highest BCUT2D eigenvalue weighted by molar-refractivity contribution is 7.21. The second-order valence-corrected chi connectivity index (χ2v) is 8.66. The van der Waals surface area contributed by atoms with Crippen LogP contribution in [0.2, 0.25) is 5.02 Å². The Morgan fingerprint density at radius 3 is 2.74 bits per heavy atom. The van der Waals surface area contributed by atoms with Crippen molar-refractivity contribution < 1.29 is 4.79 Å². The van der Waals surface area contributed by atoms with E-state index >= 15 is 0 Å². The zero-order chi connectivity index (χ0) is 16.2. The summed E-state index contributed by atoms with van der Waals surface area (Å²) in [6.07, 6.45) is 2.37. The van der Waals surface area contributed by atoms with E-state index in [1.54, 1.807) is 0 Å². The lowest BCUT2D eigenvalue weighted by Gasteiger charge is -2.56. The Morgan fingerprint density at radius 1 is 1.35 bits per heavy atom. The van der Waals surface area contributed by atoms with E-state index in [-0.39, 0.29) is 17.5 Å². The van der Waals surface area contributed by atoms with Crippen molar-refractivity contribution >= 4 is 38.9 Å². The first kappa shape index (κ1) is 15.4. The summed E-state index contributed by atoms with van der Waals surface area (Å²) in [6.45, 7) is 6.82. The Hall–Kier alpha value is -1.10. The maximum Gasteiger partial charge on any atom is 0.261 e. The van der Waals surface area contributed by atoms with Crippen molar-refractivity contribution in [3.8, 4) is 0 Å². The molecule has 0 unspecified atom stereocenters. The fourth-order valence-electron chi connectivity index (χ4n) is 4.23. The number of fused-ring (bicyclic) bond motifs is 4. The molecular formula is C18H21ClN2OS. The highest BCUT2D eigenvalue weighted by Crippen LogP contribution is 2.39. The predicted octanol–water partition coefficient (Wildman–Crippen LogP) is 4.16. The van der Waals surface area contributed by atoms with Crippen molar-refractivity contribution in [3.05, 3.63) is 34.2 Å². The van der Waals surface area contributed by atoms with Gasteiger partial charge in [0.25, 0.3) is 5.91 Å². The van der Waals surface area contributed by atoms with Gasteiger partial charge in [-0.25, -0.2) is 0 Å². The Labute approximate surface area is 145 Å². The fourth-order valence-corrected chi connectivity index (χ4v) is 5.49. The van der Waals surface area contributed by atoms with Gasteiger partial charge in [0.15, 0.2) is 0 Å². The van der Waals surface area contributed by atoms with Gasteiger partial charge in [0.2, 0.25) is 0 Å². The van der Waals surface area contributed by atoms with Crippen LogP contribution in [0.5, 0.6) is 0 Å². The summed E-state index contributed by atoms with van der Waals surface area (Å²) in [5.74, 6) is 0.631. The molecule has 3 nitrogen and oxygen atoms in total. The number of thiophene rings is 1. The number of hydrogen-bond acceptors (Lipinski definition) is 3. The summed E-state index contributed by atoms with van der Waals surface area (Å²) in [4.78, 5) is 16.1. The molecule has 1 aromatic heterocycles. The number of nitrogens with one attached hydrogen (secondary N) is 1. The number of carbonyl (C=O) groups excluding carboxylic acids is 1. The van der Waals surface area contributed by atoms with E-state index in [2.05, 4.69) is 24.1 Å². The third-order valence-electron chi connectivity index (χ3n) is 5.59. The van der Waals surface area contributed by atoms with Crippen LogP contribution in [0, 0.1) is 5.92 Å². The molecule has 122 valence electrons. The molecule has 3 aliphatic heterocycles. The van der Waals surface area contributed by atoms with Gasteiger partial charge in [-0.15, -0.1) is 11.3 Å². The number of benzene rings is 1. The van der Waals surface area contributed by atoms with Crippen LogP contribution in [-0.2, 0) is 0 Å². The highest BCUT2D eigenvalue weighted by atomic mass is 35.5. The molecule has 1 aromatic carbocycles. The van der Waals surface area contributed by atoms with Gasteiger partial charge >= 0.3 is 0 Å². The smallest absolute Gasteiger partial charge is 0.261 e. The number of rotatable bonds is 2. The first-order valence-electron chi connectivity index (χ1n) is 8.21. The molecule has 2 aromatic rings. The minimum absolute atomic E-state index is 0.0329. The molecule has 1 amide bonds. The number of nitrogens with zero attached hydrogens (tertiary/aromatic N) is 1. The van der Waals surface area contributed by atoms with Crippen LogP contribution in [0.1, 0.15) is 36.4 Å². The lowest BCUT2D eigenvalue weighted by molar-refractivity contribution is -0.0377. The Morgan fingerprint density at radius 2 is 2.09 bits per heavy atom. The van der Waals surface area contributed by atoms with Gasteiger partial charge in [0.05, 0.1) is 14.6 Å². The Kier molecular flexibility index (Phi) is 3.67. The molecule has 3 fully saturated rings. The Bertz CT molecular complexity index is 761. The molecule has 4 heterocycles. The molecule has 0 aliphatic carbocycles. The van der Waals surface area contributed by atoms with Crippen molar-refractivity contribution in [1.82, 2.24) is 10.2 Å². The van der Waals surface area contributed by atoms with E-state index in [0.29, 0.717) is 5.92 Å². The summed E-state index contributed by atoms with van der Waals surface area (Å²) in [6, 6.07) is 7.98.